The summed E-state index contributed by atoms with van der Waals surface area (Å²) < 4.78 is 2.80. The first-order chi connectivity index (χ1) is 11.1. The first-order valence-corrected chi connectivity index (χ1v) is 7.96. The minimum absolute atomic E-state index is 0.701. The minimum Gasteiger partial charge on any atom is -0.373 e. The lowest BCUT2D eigenvalue weighted by molar-refractivity contribution is 0.833. The number of hydrogen-bond acceptors (Lipinski definition) is 5. The van der Waals surface area contributed by atoms with E-state index in [1.807, 2.05) is 38.2 Å². The summed E-state index contributed by atoms with van der Waals surface area (Å²) in [6.07, 6.45) is 1.52. The fourth-order valence-corrected chi connectivity index (χ4v) is 2.59. The van der Waals surface area contributed by atoms with Crippen LogP contribution in [-0.2, 0) is 0 Å². The Morgan fingerprint density at radius 3 is 2.70 bits per heavy atom. The molecule has 0 saturated heterocycles. The Morgan fingerprint density at radius 2 is 1.91 bits per heavy atom. The first-order valence-electron chi connectivity index (χ1n) is 7.17. The van der Waals surface area contributed by atoms with Gasteiger partial charge in [0.2, 0.25) is 0 Å². The SMILES string of the molecule is CNc1cc(-n2nc(C)cc2Nc2cc(Br)ccc2C)ncn1. The van der Waals surface area contributed by atoms with Gasteiger partial charge in [-0.15, -0.1) is 0 Å². The van der Waals surface area contributed by atoms with Crippen LogP contribution in [0.2, 0.25) is 0 Å². The maximum absolute atomic E-state index is 4.53. The second-order valence-electron chi connectivity index (χ2n) is 5.18. The summed E-state index contributed by atoms with van der Waals surface area (Å²) in [5.74, 6) is 2.30. The lowest BCUT2D eigenvalue weighted by Crippen LogP contribution is -2.06. The lowest BCUT2D eigenvalue weighted by Gasteiger charge is -2.12. The largest absolute Gasteiger partial charge is 0.373 e. The number of rotatable bonds is 4. The molecule has 0 bridgehead atoms. The van der Waals surface area contributed by atoms with Gasteiger partial charge < -0.3 is 10.6 Å². The molecule has 2 N–H and O–H groups in total. The molecule has 2 aromatic heterocycles. The van der Waals surface area contributed by atoms with Crippen molar-refractivity contribution < 1.29 is 0 Å². The molecule has 3 rings (SSSR count). The Bertz CT molecular complexity index is 842. The number of nitrogens with zero attached hydrogens (tertiary/aromatic N) is 4. The summed E-state index contributed by atoms with van der Waals surface area (Å²) in [6, 6.07) is 9.96. The highest BCUT2D eigenvalue weighted by atomic mass is 79.9. The summed E-state index contributed by atoms with van der Waals surface area (Å²) in [5, 5.41) is 11.0. The van der Waals surface area contributed by atoms with E-state index in [1.165, 1.54) is 6.33 Å². The van der Waals surface area contributed by atoms with Gasteiger partial charge in [0, 0.05) is 29.3 Å². The Kier molecular flexibility index (Phi) is 4.29. The van der Waals surface area contributed by atoms with Crippen molar-refractivity contribution in [1.29, 1.82) is 0 Å². The highest BCUT2D eigenvalue weighted by molar-refractivity contribution is 9.10. The van der Waals surface area contributed by atoms with Crippen LogP contribution < -0.4 is 10.6 Å². The zero-order chi connectivity index (χ0) is 16.4. The van der Waals surface area contributed by atoms with Crippen LogP contribution in [0.5, 0.6) is 0 Å². The molecule has 0 spiro atoms. The molecule has 0 saturated carbocycles. The van der Waals surface area contributed by atoms with Crippen molar-refractivity contribution in [3.05, 3.63) is 52.4 Å². The van der Waals surface area contributed by atoms with Gasteiger partial charge in [0.25, 0.3) is 0 Å². The van der Waals surface area contributed by atoms with Crippen LogP contribution in [0.15, 0.2) is 41.1 Å². The third kappa shape index (κ3) is 3.34. The normalized spacial score (nSPS) is 10.6. The summed E-state index contributed by atoms with van der Waals surface area (Å²) >= 11 is 3.51. The van der Waals surface area contributed by atoms with Crippen LogP contribution in [-0.4, -0.2) is 26.8 Å². The molecule has 0 atom stereocenters. The zero-order valence-corrected chi connectivity index (χ0v) is 14.7. The maximum atomic E-state index is 4.53. The first kappa shape index (κ1) is 15.5. The molecule has 6 nitrogen and oxygen atoms in total. The summed E-state index contributed by atoms with van der Waals surface area (Å²) in [5.41, 5.74) is 3.07. The zero-order valence-electron chi connectivity index (χ0n) is 13.1. The molecule has 1 aromatic carbocycles. The molecule has 0 radical (unpaired) electrons. The van der Waals surface area contributed by atoms with Crippen molar-refractivity contribution in [2.75, 3.05) is 17.7 Å². The van der Waals surface area contributed by atoms with E-state index >= 15 is 0 Å². The summed E-state index contributed by atoms with van der Waals surface area (Å²) in [4.78, 5) is 8.45. The van der Waals surface area contributed by atoms with Gasteiger partial charge in [0.15, 0.2) is 5.82 Å². The molecule has 0 amide bonds. The van der Waals surface area contributed by atoms with E-state index in [1.54, 1.807) is 4.68 Å². The molecular weight excluding hydrogens is 356 g/mol. The maximum Gasteiger partial charge on any atom is 0.161 e. The number of aromatic nitrogens is 4. The molecule has 7 heteroatoms. The Labute approximate surface area is 143 Å². The van der Waals surface area contributed by atoms with Crippen LogP contribution in [0.25, 0.3) is 5.82 Å². The van der Waals surface area contributed by atoms with E-state index in [0.29, 0.717) is 5.82 Å². The third-order valence-electron chi connectivity index (χ3n) is 3.42. The van der Waals surface area contributed by atoms with Gasteiger partial charge in [0.05, 0.1) is 5.69 Å². The quantitative estimate of drug-likeness (QED) is 0.728. The van der Waals surface area contributed by atoms with Gasteiger partial charge in [-0.25, -0.2) is 9.97 Å². The molecule has 2 heterocycles. The van der Waals surface area contributed by atoms with Gasteiger partial charge in [-0.2, -0.15) is 9.78 Å². The van der Waals surface area contributed by atoms with Crippen LogP contribution in [0.4, 0.5) is 17.3 Å². The molecule has 0 aliphatic rings. The second-order valence-corrected chi connectivity index (χ2v) is 6.09. The highest BCUT2D eigenvalue weighted by Crippen LogP contribution is 2.26. The molecule has 3 aromatic rings. The molecule has 0 fully saturated rings. The van der Waals surface area contributed by atoms with Gasteiger partial charge >= 0.3 is 0 Å². The van der Waals surface area contributed by atoms with E-state index in [2.05, 4.69) is 54.6 Å². The van der Waals surface area contributed by atoms with Gasteiger partial charge in [0.1, 0.15) is 18.0 Å². The Balaban J connectivity index is 2.02. The van der Waals surface area contributed by atoms with Crippen molar-refractivity contribution in [1.82, 2.24) is 19.7 Å². The fourth-order valence-electron chi connectivity index (χ4n) is 2.23. The number of halogens is 1. The van der Waals surface area contributed by atoms with E-state index < -0.39 is 0 Å². The number of hydrogen-bond donors (Lipinski definition) is 2. The van der Waals surface area contributed by atoms with Crippen molar-refractivity contribution in [2.45, 2.75) is 13.8 Å². The smallest absolute Gasteiger partial charge is 0.161 e. The average molecular weight is 373 g/mol. The predicted molar refractivity (Wildman–Crippen MR) is 95.6 cm³/mol. The lowest BCUT2D eigenvalue weighted by atomic mass is 10.2. The van der Waals surface area contributed by atoms with Crippen molar-refractivity contribution in [2.24, 2.45) is 0 Å². The molecule has 23 heavy (non-hydrogen) atoms. The molecule has 0 aliphatic heterocycles. The van der Waals surface area contributed by atoms with Crippen molar-refractivity contribution in [3.63, 3.8) is 0 Å². The van der Waals surface area contributed by atoms with E-state index in [9.17, 15) is 0 Å². The molecule has 118 valence electrons. The predicted octanol–water partition coefficient (Wildman–Crippen LogP) is 3.83. The summed E-state index contributed by atoms with van der Waals surface area (Å²) in [6.45, 7) is 4.02. The number of aryl methyl sites for hydroxylation is 2. The number of anilines is 3. The van der Waals surface area contributed by atoms with Crippen LogP contribution in [0, 0.1) is 13.8 Å². The van der Waals surface area contributed by atoms with E-state index in [0.717, 1.165) is 33.1 Å². The number of nitrogens with one attached hydrogen (secondary N) is 2. The monoisotopic (exact) mass is 372 g/mol. The fraction of sp³-hybridized carbons (Fsp3) is 0.188. The third-order valence-corrected chi connectivity index (χ3v) is 3.91. The number of benzene rings is 1. The van der Waals surface area contributed by atoms with Crippen molar-refractivity contribution in [3.8, 4) is 5.82 Å². The molecule has 0 unspecified atom stereocenters. The Morgan fingerprint density at radius 1 is 1.09 bits per heavy atom. The van der Waals surface area contributed by atoms with E-state index in [-0.39, 0.29) is 0 Å². The van der Waals surface area contributed by atoms with Gasteiger partial charge in [-0.05, 0) is 31.5 Å². The summed E-state index contributed by atoms with van der Waals surface area (Å²) in [7, 11) is 1.82. The van der Waals surface area contributed by atoms with Crippen molar-refractivity contribution >= 4 is 33.3 Å². The van der Waals surface area contributed by atoms with Crippen LogP contribution >= 0.6 is 15.9 Å². The van der Waals surface area contributed by atoms with Gasteiger partial charge in [-0.1, -0.05) is 22.0 Å². The average Bonchev–Trinajstić information content (AvgIpc) is 2.91. The molecular formula is C16H17BrN6. The van der Waals surface area contributed by atoms with Crippen LogP contribution in [0.3, 0.4) is 0 Å². The minimum atomic E-state index is 0.701. The Hall–Kier alpha value is -2.41. The molecule has 0 aliphatic carbocycles. The van der Waals surface area contributed by atoms with Crippen LogP contribution in [0.1, 0.15) is 11.3 Å². The van der Waals surface area contributed by atoms with E-state index in [4.69, 9.17) is 0 Å². The second kappa shape index (κ2) is 6.37. The standard InChI is InChI=1S/C16H17BrN6/c1-10-4-5-12(17)7-13(10)21-16-6-11(2)22-23(16)15-8-14(18-3)19-9-20-15/h4-9,21H,1-3H3,(H,18,19,20). The van der Waals surface area contributed by atoms with Gasteiger partial charge in [-0.3, -0.25) is 0 Å². The topological polar surface area (TPSA) is 67.7 Å². The highest BCUT2D eigenvalue weighted by Gasteiger charge is 2.11.